The fourth-order valence-corrected chi connectivity index (χ4v) is 5.26. The van der Waals surface area contributed by atoms with Crippen LogP contribution in [0.3, 0.4) is 0 Å². The minimum absolute atomic E-state index is 0.0944. The lowest BCUT2D eigenvalue weighted by molar-refractivity contribution is 0.0367. The number of ether oxygens (including phenoxy) is 1. The van der Waals surface area contributed by atoms with Gasteiger partial charge >= 0.3 is 0 Å². The number of hydrogen-bond donors (Lipinski definition) is 2. The lowest BCUT2D eigenvalue weighted by Crippen LogP contribution is -2.62. The van der Waals surface area contributed by atoms with Crippen LogP contribution in [0.15, 0.2) is 24.4 Å². The van der Waals surface area contributed by atoms with Crippen LogP contribution in [0.1, 0.15) is 52.7 Å². The zero-order chi connectivity index (χ0) is 21.6. The van der Waals surface area contributed by atoms with Crippen molar-refractivity contribution in [1.29, 1.82) is 0 Å². The van der Waals surface area contributed by atoms with Crippen LogP contribution in [-0.2, 0) is 11.3 Å². The summed E-state index contributed by atoms with van der Waals surface area (Å²) in [6, 6.07) is 6.45. The second-order valence-corrected chi connectivity index (χ2v) is 10.4. The van der Waals surface area contributed by atoms with Crippen LogP contribution in [0.2, 0.25) is 0 Å². The van der Waals surface area contributed by atoms with Gasteiger partial charge in [-0.15, -0.1) is 0 Å². The Labute approximate surface area is 187 Å². The summed E-state index contributed by atoms with van der Waals surface area (Å²) in [7, 11) is 0. The molecule has 0 unspecified atom stereocenters. The first kappa shape index (κ1) is 23.4. The molecule has 3 heterocycles. The molecular weight excluding hydrogens is 394 g/mol. The monoisotopic (exact) mass is 433 g/mol. The first-order valence-corrected chi connectivity index (χ1v) is 11.7. The molecule has 30 heavy (non-hydrogen) atoms. The number of hydrogen-bond acceptors (Lipinski definition) is 5. The van der Waals surface area contributed by atoms with E-state index in [1.807, 2.05) is 18.3 Å². The normalized spacial score (nSPS) is 21.9. The third kappa shape index (κ3) is 7.45. The number of pyridine rings is 1. The van der Waals surface area contributed by atoms with E-state index >= 15 is 0 Å². The molecule has 0 amide bonds. The first-order chi connectivity index (χ1) is 14.2. The van der Waals surface area contributed by atoms with Gasteiger partial charge in [0, 0.05) is 49.5 Å². The Kier molecular flexibility index (Phi) is 8.07. The van der Waals surface area contributed by atoms with Crippen LogP contribution in [0, 0.1) is 0 Å². The molecule has 2 N–H and O–H groups in total. The lowest BCUT2D eigenvalue weighted by Gasteiger charge is -2.47. The molecule has 2 fully saturated rings. The molecule has 168 valence electrons. The quantitative estimate of drug-likeness (QED) is 0.641. The van der Waals surface area contributed by atoms with Crippen molar-refractivity contribution in [3.05, 3.63) is 30.1 Å². The number of morpholine rings is 1. The minimum atomic E-state index is 0.0944. The van der Waals surface area contributed by atoms with Gasteiger partial charge in [-0.25, -0.2) is 0 Å². The van der Waals surface area contributed by atoms with E-state index in [2.05, 4.69) is 59.2 Å². The number of nitrogens with one attached hydrogen (secondary N) is 2. The molecule has 2 aliphatic heterocycles. The summed E-state index contributed by atoms with van der Waals surface area (Å²) >= 11 is 5.91. The van der Waals surface area contributed by atoms with Crippen molar-refractivity contribution in [2.24, 2.45) is 0 Å². The molecule has 0 atom stereocenters. The molecule has 0 saturated carbocycles. The lowest BCUT2D eigenvalue weighted by atomic mass is 9.80. The highest BCUT2D eigenvalue weighted by Gasteiger charge is 2.38. The smallest absolute Gasteiger partial charge is 0.169 e. The average molecular weight is 434 g/mol. The molecule has 3 rings (SSSR count). The highest BCUT2D eigenvalue weighted by Crippen LogP contribution is 2.28. The summed E-state index contributed by atoms with van der Waals surface area (Å²) < 4.78 is 5.47. The molecule has 0 aliphatic carbocycles. The van der Waals surface area contributed by atoms with Crippen molar-refractivity contribution < 1.29 is 4.74 Å². The Morgan fingerprint density at radius 2 is 1.93 bits per heavy atom. The summed E-state index contributed by atoms with van der Waals surface area (Å²) in [5.74, 6) is 0. The Balaban J connectivity index is 1.60. The SMILES string of the molecule is CC1(C)CC(NC(=S)N(CCCN2CCOCC2)Cc2ccccn2)CC(C)(C)N1. The van der Waals surface area contributed by atoms with Gasteiger partial charge in [-0.2, -0.15) is 0 Å². The van der Waals surface area contributed by atoms with Crippen molar-refractivity contribution in [2.75, 3.05) is 39.4 Å². The summed E-state index contributed by atoms with van der Waals surface area (Å²) in [6.45, 7) is 15.6. The molecule has 0 bridgehead atoms. The molecule has 1 aromatic rings. The van der Waals surface area contributed by atoms with Crippen LogP contribution in [-0.4, -0.2) is 76.4 Å². The molecule has 1 aromatic heterocycles. The van der Waals surface area contributed by atoms with Crippen molar-refractivity contribution in [3.63, 3.8) is 0 Å². The maximum atomic E-state index is 5.91. The van der Waals surface area contributed by atoms with Crippen LogP contribution in [0.4, 0.5) is 0 Å². The molecular formula is C23H39N5OS. The Bertz CT molecular complexity index is 659. The van der Waals surface area contributed by atoms with Gasteiger partial charge in [-0.3, -0.25) is 9.88 Å². The summed E-state index contributed by atoms with van der Waals surface area (Å²) in [6.07, 6.45) is 5.05. The van der Waals surface area contributed by atoms with Crippen LogP contribution in [0.5, 0.6) is 0 Å². The van der Waals surface area contributed by atoms with Gasteiger partial charge < -0.3 is 20.3 Å². The Hall–Kier alpha value is -1.28. The average Bonchev–Trinajstić information content (AvgIpc) is 2.66. The fraction of sp³-hybridized carbons (Fsp3) is 0.739. The van der Waals surface area contributed by atoms with E-state index in [0.29, 0.717) is 6.04 Å². The van der Waals surface area contributed by atoms with Crippen LogP contribution >= 0.6 is 12.2 Å². The summed E-state index contributed by atoms with van der Waals surface area (Å²) in [5, 5.41) is 8.30. The maximum absolute atomic E-state index is 5.91. The van der Waals surface area contributed by atoms with Gasteiger partial charge in [0.25, 0.3) is 0 Å². The predicted molar refractivity (Wildman–Crippen MR) is 127 cm³/mol. The number of thiocarbonyl (C=S) groups is 1. The van der Waals surface area contributed by atoms with Gasteiger partial charge in [-0.1, -0.05) is 6.07 Å². The topological polar surface area (TPSA) is 52.7 Å². The first-order valence-electron chi connectivity index (χ1n) is 11.3. The third-order valence-electron chi connectivity index (χ3n) is 5.89. The second-order valence-electron chi connectivity index (χ2n) is 10.00. The molecule has 0 radical (unpaired) electrons. The van der Waals surface area contributed by atoms with Gasteiger partial charge in [-0.05, 0) is 71.3 Å². The van der Waals surface area contributed by atoms with Gasteiger partial charge in [0.2, 0.25) is 0 Å². The fourth-order valence-electron chi connectivity index (χ4n) is 4.94. The van der Waals surface area contributed by atoms with E-state index in [1.165, 1.54) is 0 Å². The minimum Gasteiger partial charge on any atom is -0.379 e. The second kappa shape index (κ2) is 10.4. The van der Waals surface area contributed by atoms with E-state index in [1.54, 1.807) is 0 Å². The van der Waals surface area contributed by atoms with Crippen LogP contribution in [0.25, 0.3) is 0 Å². The molecule has 2 aliphatic rings. The highest BCUT2D eigenvalue weighted by molar-refractivity contribution is 7.80. The zero-order valence-corrected chi connectivity index (χ0v) is 19.9. The standard InChI is InChI=1S/C23H39N5OS/c1-22(2)16-20(17-23(3,4)26-22)25-21(30)28(18-19-8-5-6-9-24-19)11-7-10-27-12-14-29-15-13-27/h5-6,8-9,20,26H,7,10-18H2,1-4H3,(H,25,30). The number of rotatable bonds is 7. The third-order valence-corrected chi connectivity index (χ3v) is 6.27. The predicted octanol–water partition coefficient (Wildman–Crippen LogP) is 2.79. The van der Waals surface area contributed by atoms with Crippen LogP contribution < -0.4 is 10.6 Å². The molecule has 0 spiro atoms. The van der Waals surface area contributed by atoms with E-state index < -0.39 is 0 Å². The highest BCUT2D eigenvalue weighted by atomic mass is 32.1. The van der Waals surface area contributed by atoms with Crippen molar-refractivity contribution >= 4 is 17.3 Å². The van der Waals surface area contributed by atoms with Gasteiger partial charge in [0.05, 0.1) is 25.5 Å². The van der Waals surface area contributed by atoms with Gasteiger partial charge in [0.15, 0.2) is 5.11 Å². The summed E-state index contributed by atoms with van der Waals surface area (Å²) in [4.78, 5) is 9.30. The van der Waals surface area contributed by atoms with Gasteiger partial charge in [0.1, 0.15) is 0 Å². The van der Waals surface area contributed by atoms with E-state index in [9.17, 15) is 0 Å². The molecule has 6 nitrogen and oxygen atoms in total. The summed E-state index contributed by atoms with van der Waals surface area (Å²) in [5.41, 5.74) is 1.24. The number of piperidine rings is 1. The molecule has 7 heteroatoms. The largest absolute Gasteiger partial charge is 0.379 e. The van der Waals surface area contributed by atoms with E-state index in [-0.39, 0.29) is 11.1 Å². The molecule has 0 aromatic carbocycles. The van der Waals surface area contributed by atoms with E-state index in [0.717, 1.165) is 76.0 Å². The zero-order valence-electron chi connectivity index (χ0n) is 19.1. The number of nitrogens with zero attached hydrogens (tertiary/aromatic N) is 3. The van der Waals surface area contributed by atoms with Crippen molar-refractivity contribution in [2.45, 2.75) is 70.6 Å². The Morgan fingerprint density at radius 3 is 2.57 bits per heavy atom. The molecule has 2 saturated heterocycles. The maximum Gasteiger partial charge on any atom is 0.169 e. The van der Waals surface area contributed by atoms with Crippen molar-refractivity contribution in [1.82, 2.24) is 25.4 Å². The number of aromatic nitrogens is 1. The Morgan fingerprint density at radius 1 is 1.23 bits per heavy atom. The van der Waals surface area contributed by atoms with Crippen molar-refractivity contribution in [3.8, 4) is 0 Å². The van der Waals surface area contributed by atoms with E-state index in [4.69, 9.17) is 17.0 Å².